The lowest BCUT2D eigenvalue weighted by molar-refractivity contribution is 0.826. The van der Waals surface area contributed by atoms with Crippen molar-refractivity contribution in [3.05, 3.63) is 46.2 Å². The third-order valence-electron chi connectivity index (χ3n) is 2.29. The maximum absolute atomic E-state index is 6.05. The summed E-state index contributed by atoms with van der Waals surface area (Å²) >= 11 is 12.0. The van der Waals surface area contributed by atoms with E-state index < -0.39 is 0 Å². The van der Waals surface area contributed by atoms with Crippen molar-refractivity contribution >= 4 is 28.9 Å². The van der Waals surface area contributed by atoms with Crippen LogP contribution in [0.15, 0.2) is 30.5 Å². The lowest BCUT2D eigenvalue weighted by Crippen LogP contribution is -2.07. The molecule has 16 heavy (non-hydrogen) atoms. The highest BCUT2D eigenvalue weighted by Gasteiger charge is 2.08. The van der Waals surface area contributed by atoms with Gasteiger partial charge in [-0.3, -0.25) is 5.10 Å². The highest BCUT2D eigenvalue weighted by Crippen LogP contribution is 2.28. The summed E-state index contributed by atoms with van der Waals surface area (Å²) < 4.78 is 0. The van der Waals surface area contributed by atoms with Gasteiger partial charge in [-0.15, -0.1) is 0 Å². The smallest absolute Gasteiger partial charge is 0.0651 e. The summed E-state index contributed by atoms with van der Waals surface area (Å²) in [6.07, 6.45) is 1.72. The van der Waals surface area contributed by atoms with E-state index in [4.69, 9.17) is 23.2 Å². The van der Waals surface area contributed by atoms with E-state index in [0.29, 0.717) is 10.0 Å². The first-order valence-corrected chi connectivity index (χ1v) is 5.63. The van der Waals surface area contributed by atoms with Gasteiger partial charge in [-0.1, -0.05) is 23.2 Å². The van der Waals surface area contributed by atoms with Gasteiger partial charge in [-0.2, -0.15) is 5.10 Å². The fraction of sp³-hybridized carbons (Fsp3) is 0.182. The van der Waals surface area contributed by atoms with E-state index in [-0.39, 0.29) is 6.04 Å². The first-order chi connectivity index (χ1) is 7.66. The highest BCUT2D eigenvalue weighted by atomic mass is 35.5. The maximum atomic E-state index is 6.05. The lowest BCUT2D eigenvalue weighted by Gasteiger charge is -2.14. The first-order valence-electron chi connectivity index (χ1n) is 4.87. The lowest BCUT2D eigenvalue weighted by atomic mass is 10.2. The quantitative estimate of drug-likeness (QED) is 0.874. The number of aromatic nitrogens is 2. The molecule has 0 aliphatic rings. The molecule has 1 unspecified atom stereocenters. The molecule has 0 amide bonds. The molecule has 0 saturated heterocycles. The van der Waals surface area contributed by atoms with Crippen molar-refractivity contribution in [3.8, 4) is 0 Å². The van der Waals surface area contributed by atoms with Gasteiger partial charge in [0.25, 0.3) is 0 Å². The summed E-state index contributed by atoms with van der Waals surface area (Å²) in [5, 5.41) is 11.4. The van der Waals surface area contributed by atoms with Crippen molar-refractivity contribution in [1.82, 2.24) is 10.2 Å². The van der Waals surface area contributed by atoms with Crippen LogP contribution in [0.3, 0.4) is 0 Å². The molecule has 0 radical (unpaired) electrons. The van der Waals surface area contributed by atoms with Crippen LogP contribution in [-0.2, 0) is 0 Å². The van der Waals surface area contributed by atoms with Crippen LogP contribution < -0.4 is 5.32 Å². The minimum atomic E-state index is 0.0958. The number of nitrogens with one attached hydrogen (secondary N) is 2. The summed E-state index contributed by atoms with van der Waals surface area (Å²) in [6, 6.07) is 7.34. The van der Waals surface area contributed by atoms with Gasteiger partial charge in [-0.25, -0.2) is 0 Å². The summed E-state index contributed by atoms with van der Waals surface area (Å²) in [5.41, 5.74) is 1.81. The van der Waals surface area contributed by atoms with E-state index >= 15 is 0 Å². The van der Waals surface area contributed by atoms with Crippen LogP contribution in [0.1, 0.15) is 18.7 Å². The normalized spacial score (nSPS) is 12.4. The van der Waals surface area contributed by atoms with Crippen LogP contribution in [0.4, 0.5) is 5.69 Å². The molecule has 1 heterocycles. The molecular weight excluding hydrogens is 245 g/mol. The third kappa shape index (κ3) is 2.49. The summed E-state index contributed by atoms with van der Waals surface area (Å²) in [5.74, 6) is 0. The minimum absolute atomic E-state index is 0.0958. The standard InChI is InChI=1S/C11H11Cl2N3/c1-7(10-4-5-14-16-10)15-11-6-8(12)2-3-9(11)13/h2-7,15H,1H3,(H,14,16). The number of nitrogens with zero attached hydrogens (tertiary/aromatic N) is 1. The van der Waals surface area contributed by atoms with Crippen molar-refractivity contribution in [2.45, 2.75) is 13.0 Å². The average molecular weight is 256 g/mol. The van der Waals surface area contributed by atoms with E-state index in [0.717, 1.165) is 11.4 Å². The Kier molecular flexibility index (Phi) is 3.36. The van der Waals surface area contributed by atoms with Gasteiger partial charge in [0.2, 0.25) is 0 Å². The molecule has 0 aliphatic carbocycles. The van der Waals surface area contributed by atoms with Crippen LogP contribution in [0.25, 0.3) is 0 Å². The van der Waals surface area contributed by atoms with Gasteiger partial charge in [0, 0.05) is 11.2 Å². The van der Waals surface area contributed by atoms with Crippen LogP contribution >= 0.6 is 23.2 Å². The second-order valence-corrected chi connectivity index (χ2v) is 4.35. The number of hydrogen-bond acceptors (Lipinski definition) is 2. The zero-order valence-electron chi connectivity index (χ0n) is 8.67. The van der Waals surface area contributed by atoms with Crippen molar-refractivity contribution in [2.24, 2.45) is 0 Å². The second kappa shape index (κ2) is 4.76. The predicted molar refractivity (Wildman–Crippen MR) is 67.1 cm³/mol. The van der Waals surface area contributed by atoms with E-state index in [9.17, 15) is 0 Å². The number of hydrogen-bond donors (Lipinski definition) is 2. The first kappa shape index (κ1) is 11.3. The molecule has 1 atom stereocenters. The Bertz CT molecular complexity index is 468. The number of rotatable bonds is 3. The summed E-state index contributed by atoms with van der Waals surface area (Å²) in [6.45, 7) is 2.02. The van der Waals surface area contributed by atoms with Crippen molar-refractivity contribution < 1.29 is 0 Å². The molecule has 1 aromatic carbocycles. The molecule has 84 valence electrons. The molecule has 3 nitrogen and oxygen atoms in total. The fourth-order valence-corrected chi connectivity index (χ4v) is 1.77. The Balaban J connectivity index is 2.17. The number of H-pyrrole nitrogens is 1. The van der Waals surface area contributed by atoms with Gasteiger partial charge in [-0.05, 0) is 31.2 Å². The topological polar surface area (TPSA) is 40.7 Å². The zero-order valence-corrected chi connectivity index (χ0v) is 10.2. The van der Waals surface area contributed by atoms with Crippen LogP contribution in [0.2, 0.25) is 10.0 Å². The number of halogens is 2. The third-order valence-corrected chi connectivity index (χ3v) is 2.85. The van der Waals surface area contributed by atoms with Crippen LogP contribution in [0, 0.1) is 0 Å². The van der Waals surface area contributed by atoms with Gasteiger partial charge >= 0.3 is 0 Å². The van der Waals surface area contributed by atoms with E-state index in [2.05, 4.69) is 15.5 Å². The fourth-order valence-electron chi connectivity index (χ4n) is 1.43. The van der Waals surface area contributed by atoms with E-state index in [1.54, 1.807) is 24.4 Å². The Labute approximate surface area is 104 Å². The molecule has 0 saturated carbocycles. The second-order valence-electron chi connectivity index (χ2n) is 3.50. The summed E-state index contributed by atoms with van der Waals surface area (Å²) in [4.78, 5) is 0. The van der Waals surface area contributed by atoms with Gasteiger partial charge in [0.15, 0.2) is 0 Å². The molecular formula is C11H11Cl2N3. The zero-order chi connectivity index (χ0) is 11.5. The largest absolute Gasteiger partial charge is 0.376 e. The molecule has 0 fully saturated rings. The molecule has 0 aliphatic heterocycles. The van der Waals surface area contributed by atoms with Crippen molar-refractivity contribution in [2.75, 3.05) is 5.32 Å². The SMILES string of the molecule is CC(Nc1cc(Cl)ccc1Cl)c1ccn[nH]1. The highest BCUT2D eigenvalue weighted by molar-refractivity contribution is 6.35. The molecule has 2 N–H and O–H groups in total. The van der Waals surface area contributed by atoms with Gasteiger partial charge in [0.05, 0.1) is 22.4 Å². The molecule has 2 rings (SSSR count). The van der Waals surface area contributed by atoms with Crippen molar-refractivity contribution in [3.63, 3.8) is 0 Å². The molecule has 0 bridgehead atoms. The van der Waals surface area contributed by atoms with Crippen LogP contribution in [0.5, 0.6) is 0 Å². The molecule has 0 spiro atoms. The Morgan fingerprint density at radius 1 is 1.31 bits per heavy atom. The average Bonchev–Trinajstić information content (AvgIpc) is 2.76. The number of anilines is 1. The van der Waals surface area contributed by atoms with Gasteiger partial charge in [0.1, 0.15) is 0 Å². The molecule has 1 aromatic heterocycles. The minimum Gasteiger partial charge on any atom is -0.376 e. The van der Waals surface area contributed by atoms with Gasteiger partial charge < -0.3 is 5.32 Å². The van der Waals surface area contributed by atoms with Crippen molar-refractivity contribution in [1.29, 1.82) is 0 Å². The molecule has 2 aromatic rings. The monoisotopic (exact) mass is 255 g/mol. The number of aromatic amines is 1. The number of benzene rings is 1. The van der Waals surface area contributed by atoms with E-state index in [1.165, 1.54) is 0 Å². The summed E-state index contributed by atoms with van der Waals surface area (Å²) in [7, 11) is 0. The Morgan fingerprint density at radius 2 is 2.12 bits per heavy atom. The van der Waals surface area contributed by atoms with Crippen LogP contribution in [-0.4, -0.2) is 10.2 Å². The predicted octanol–water partition coefficient (Wildman–Crippen LogP) is 3.89. The Morgan fingerprint density at radius 3 is 2.81 bits per heavy atom. The molecule has 5 heteroatoms. The maximum Gasteiger partial charge on any atom is 0.0651 e. The Hall–Kier alpha value is -1.19. The van der Waals surface area contributed by atoms with E-state index in [1.807, 2.05) is 13.0 Å².